The summed E-state index contributed by atoms with van der Waals surface area (Å²) in [5.74, 6) is -0.156. The lowest BCUT2D eigenvalue weighted by Crippen LogP contribution is -2.33. The molecule has 0 aliphatic carbocycles. The molecule has 4 nitrogen and oxygen atoms in total. The smallest absolute Gasteiger partial charge is 0.306 e. The summed E-state index contributed by atoms with van der Waals surface area (Å²) in [4.78, 5) is 13.7. The molecule has 1 unspecified atom stereocenters. The van der Waals surface area contributed by atoms with Crippen molar-refractivity contribution in [2.45, 2.75) is 38.8 Å². The number of rotatable bonds is 7. The highest BCUT2D eigenvalue weighted by Crippen LogP contribution is 2.15. The molecule has 0 amide bonds. The number of carbonyl (C=O) groups is 1. The predicted molar refractivity (Wildman–Crippen MR) is 82.1 cm³/mol. The first kappa shape index (κ1) is 16.0. The van der Waals surface area contributed by atoms with E-state index in [1.54, 1.807) is 0 Å². The van der Waals surface area contributed by atoms with Gasteiger partial charge < -0.3 is 9.47 Å². The van der Waals surface area contributed by atoms with Crippen molar-refractivity contribution in [2.75, 3.05) is 26.8 Å². The molecule has 1 atom stereocenters. The van der Waals surface area contributed by atoms with Gasteiger partial charge in [0, 0.05) is 26.2 Å². The topological polar surface area (TPSA) is 38.8 Å². The number of benzene rings is 1. The van der Waals surface area contributed by atoms with Gasteiger partial charge in [-0.15, -0.1) is 0 Å². The number of nitrogens with zero attached hydrogens (tertiary/aromatic N) is 1. The molecule has 1 aliphatic heterocycles. The highest BCUT2D eigenvalue weighted by molar-refractivity contribution is 5.69. The Morgan fingerprint density at radius 3 is 2.76 bits per heavy atom. The van der Waals surface area contributed by atoms with Crippen molar-refractivity contribution in [3.05, 3.63) is 35.4 Å². The van der Waals surface area contributed by atoms with E-state index in [-0.39, 0.29) is 5.97 Å². The third-order valence-corrected chi connectivity index (χ3v) is 3.87. The van der Waals surface area contributed by atoms with Gasteiger partial charge in [0.05, 0.1) is 19.6 Å². The van der Waals surface area contributed by atoms with Crippen LogP contribution in [0.5, 0.6) is 0 Å². The largest absolute Gasteiger partial charge is 0.469 e. The zero-order chi connectivity index (χ0) is 15.1. The summed E-state index contributed by atoms with van der Waals surface area (Å²) in [5, 5.41) is 0. The molecular weight excluding hydrogens is 266 g/mol. The van der Waals surface area contributed by atoms with Crippen LogP contribution in [0, 0.1) is 6.92 Å². The fraction of sp³-hybridized carbons (Fsp3) is 0.588. The van der Waals surface area contributed by atoms with Crippen LogP contribution >= 0.6 is 0 Å². The number of methoxy groups -OCH3 is 1. The van der Waals surface area contributed by atoms with Crippen molar-refractivity contribution in [1.29, 1.82) is 0 Å². The minimum absolute atomic E-state index is 0.156. The van der Waals surface area contributed by atoms with E-state index in [0.29, 0.717) is 19.1 Å². The van der Waals surface area contributed by atoms with Crippen LogP contribution < -0.4 is 0 Å². The molecule has 0 saturated carbocycles. The molecule has 4 heteroatoms. The molecule has 2 rings (SSSR count). The molecule has 0 spiro atoms. The number of hydrogen-bond acceptors (Lipinski definition) is 4. The molecule has 0 N–H and O–H groups in total. The van der Waals surface area contributed by atoms with E-state index in [0.717, 1.165) is 32.5 Å². The lowest BCUT2D eigenvalue weighted by molar-refractivity contribution is -0.141. The first-order valence-corrected chi connectivity index (χ1v) is 7.63. The predicted octanol–water partition coefficient (Wildman–Crippen LogP) is 2.54. The van der Waals surface area contributed by atoms with E-state index in [4.69, 9.17) is 9.47 Å². The second-order valence-corrected chi connectivity index (χ2v) is 5.68. The van der Waals surface area contributed by atoms with Crippen molar-refractivity contribution >= 4 is 5.97 Å². The van der Waals surface area contributed by atoms with Gasteiger partial charge in [-0.1, -0.05) is 29.8 Å². The van der Waals surface area contributed by atoms with E-state index >= 15 is 0 Å². The molecule has 1 saturated heterocycles. The van der Waals surface area contributed by atoms with Gasteiger partial charge in [0.25, 0.3) is 0 Å². The zero-order valence-electron chi connectivity index (χ0n) is 13.0. The second-order valence-electron chi connectivity index (χ2n) is 5.68. The average Bonchev–Trinajstić information content (AvgIpc) is 2.99. The van der Waals surface area contributed by atoms with Gasteiger partial charge in [-0.3, -0.25) is 9.69 Å². The summed E-state index contributed by atoms with van der Waals surface area (Å²) in [6, 6.07) is 8.55. The standard InChI is InChI=1S/C17H25NO3/c1-14-5-7-15(8-6-14)12-18(10-9-17(19)20-2)13-16-4-3-11-21-16/h5-8,16H,3-4,9-13H2,1-2H3. The van der Waals surface area contributed by atoms with E-state index in [1.165, 1.54) is 18.2 Å². The minimum atomic E-state index is -0.156. The average molecular weight is 291 g/mol. The van der Waals surface area contributed by atoms with E-state index in [2.05, 4.69) is 36.1 Å². The summed E-state index contributed by atoms with van der Waals surface area (Å²) in [5.41, 5.74) is 2.53. The van der Waals surface area contributed by atoms with Gasteiger partial charge in [-0.2, -0.15) is 0 Å². The van der Waals surface area contributed by atoms with Crippen LogP contribution in [-0.2, 0) is 20.8 Å². The second kappa shape index (κ2) is 8.15. The van der Waals surface area contributed by atoms with E-state index in [1.807, 2.05) is 0 Å². The van der Waals surface area contributed by atoms with E-state index < -0.39 is 0 Å². The maximum atomic E-state index is 11.4. The van der Waals surface area contributed by atoms with Crippen molar-refractivity contribution < 1.29 is 14.3 Å². The minimum Gasteiger partial charge on any atom is -0.469 e. The van der Waals surface area contributed by atoms with Crippen LogP contribution in [0.15, 0.2) is 24.3 Å². The number of esters is 1. The number of aryl methyl sites for hydroxylation is 1. The summed E-state index contributed by atoms with van der Waals surface area (Å²) < 4.78 is 10.5. The van der Waals surface area contributed by atoms with Crippen molar-refractivity contribution in [1.82, 2.24) is 4.90 Å². The Balaban J connectivity index is 1.92. The zero-order valence-corrected chi connectivity index (χ0v) is 13.0. The first-order chi connectivity index (χ1) is 10.2. The Morgan fingerprint density at radius 1 is 1.38 bits per heavy atom. The van der Waals surface area contributed by atoms with Gasteiger partial charge in [-0.05, 0) is 25.3 Å². The number of ether oxygens (including phenoxy) is 2. The highest BCUT2D eigenvalue weighted by Gasteiger charge is 2.20. The molecule has 1 aromatic carbocycles. The number of carbonyl (C=O) groups excluding carboxylic acids is 1. The Bertz CT molecular complexity index is 438. The normalized spacial score (nSPS) is 18.1. The van der Waals surface area contributed by atoms with Gasteiger partial charge in [0.2, 0.25) is 0 Å². The Morgan fingerprint density at radius 2 is 2.14 bits per heavy atom. The van der Waals surface area contributed by atoms with Gasteiger partial charge in [0.1, 0.15) is 0 Å². The van der Waals surface area contributed by atoms with Crippen LogP contribution in [0.4, 0.5) is 0 Å². The van der Waals surface area contributed by atoms with Crippen molar-refractivity contribution in [2.24, 2.45) is 0 Å². The van der Waals surface area contributed by atoms with Crippen LogP contribution in [0.2, 0.25) is 0 Å². The van der Waals surface area contributed by atoms with Gasteiger partial charge in [-0.25, -0.2) is 0 Å². The maximum Gasteiger partial charge on any atom is 0.306 e. The SMILES string of the molecule is COC(=O)CCN(Cc1ccc(C)cc1)CC1CCCO1. The summed E-state index contributed by atoms with van der Waals surface area (Å²) in [7, 11) is 1.44. The molecule has 1 heterocycles. The molecule has 0 radical (unpaired) electrons. The van der Waals surface area contributed by atoms with Crippen LogP contribution in [-0.4, -0.2) is 43.8 Å². The molecule has 1 aliphatic rings. The Labute approximate surface area is 127 Å². The van der Waals surface area contributed by atoms with Crippen molar-refractivity contribution in [3.8, 4) is 0 Å². The molecule has 1 fully saturated rings. The monoisotopic (exact) mass is 291 g/mol. The lowest BCUT2D eigenvalue weighted by atomic mass is 10.1. The summed E-state index contributed by atoms with van der Waals surface area (Å²) in [6.07, 6.45) is 2.98. The summed E-state index contributed by atoms with van der Waals surface area (Å²) in [6.45, 7) is 5.38. The number of hydrogen-bond donors (Lipinski definition) is 0. The first-order valence-electron chi connectivity index (χ1n) is 7.63. The molecule has 0 bridgehead atoms. The molecule has 1 aromatic rings. The third kappa shape index (κ3) is 5.48. The Kier molecular flexibility index (Phi) is 6.21. The quantitative estimate of drug-likeness (QED) is 0.724. The van der Waals surface area contributed by atoms with Gasteiger partial charge >= 0.3 is 5.97 Å². The van der Waals surface area contributed by atoms with Crippen molar-refractivity contribution in [3.63, 3.8) is 0 Å². The molecular formula is C17H25NO3. The fourth-order valence-electron chi connectivity index (χ4n) is 2.61. The maximum absolute atomic E-state index is 11.4. The third-order valence-electron chi connectivity index (χ3n) is 3.87. The van der Waals surface area contributed by atoms with E-state index in [9.17, 15) is 4.79 Å². The molecule has 116 valence electrons. The molecule has 0 aromatic heterocycles. The summed E-state index contributed by atoms with van der Waals surface area (Å²) >= 11 is 0. The Hall–Kier alpha value is -1.39. The fourth-order valence-corrected chi connectivity index (χ4v) is 2.61. The highest BCUT2D eigenvalue weighted by atomic mass is 16.5. The molecule has 21 heavy (non-hydrogen) atoms. The lowest BCUT2D eigenvalue weighted by Gasteiger charge is -2.25. The van der Waals surface area contributed by atoms with Gasteiger partial charge in [0.15, 0.2) is 0 Å². The van der Waals surface area contributed by atoms with Crippen LogP contribution in [0.1, 0.15) is 30.4 Å². The van der Waals surface area contributed by atoms with Crippen LogP contribution in [0.25, 0.3) is 0 Å². The van der Waals surface area contributed by atoms with Crippen LogP contribution in [0.3, 0.4) is 0 Å².